The van der Waals surface area contributed by atoms with Crippen molar-refractivity contribution in [3.8, 4) is 11.3 Å². The summed E-state index contributed by atoms with van der Waals surface area (Å²) in [5.74, 6) is -0.739. The molecule has 6 heteroatoms. The molecule has 0 saturated heterocycles. The van der Waals surface area contributed by atoms with E-state index in [1.54, 1.807) is 18.7 Å². The quantitative estimate of drug-likeness (QED) is 0.856. The molecule has 0 aliphatic carbocycles. The van der Waals surface area contributed by atoms with Gasteiger partial charge in [-0.3, -0.25) is 4.68 Å². The van der Waals surface area contributed by atoms with E-state index in [1.165, 1.54) is 0 Å². The van der Waals surface area contributed by atoms with Gasteiger partial charge in [-0.25, -0.2) is 4.79 Å². The Morgan fingerprint density at radius 3 is 2.47 bits per heavy atom. The van der Waals surface area contributed by atoms with Crippen molar-refractivity contribution in [3.63, 3.8) is 0 Å². The van der Waals surface area contributed by atoms with Crippen LogP contribution in [-0.2, 0) is 7.05 Å². The predicted octanol–water partition coefficient (Wildman–Crippen LogP) is 1.70. The van der Waals surface area contributed by atoms with E-state index < -0.39 is 5.97 Å². The summed E-state index contributed by atoms with van der Waals surface area (Å²) in [6, 6.07) is 0. The van der Waals surface area contributed by atoms with Gasteiger partial charge in [-0.2, -0.15) is 5.10 Å². The third-order valence-electron chi connectivity index (χ3n) is 2.82. The van der Waals surface area contributed by atoms with Gasteiger partial charge in [0, 0.05) is 18.3 Å². The predicted molar refractivity (Wildman–Crippen MR) is 59.9 cm³/mol. The molecule has 17 heavy (non-hydrogen) atoms. The molecule has 0 radical (unpaired) electrons. The molecule has 1 N–H and O–H groups in total. The number of hydrogen-bond donors (Lipinski definition) is 1. The summed E-state index contributed by atoms with van der Waals surface area (Å²) in [5.41, 5.74) is 2.77. The number of aromatic nitrogens is 3. The first kappa shape index (κ1) is 11.4. The topological polar surface area (TPSA) is 81.2 Å². The first-order valence-electron chi connectivity index (χ1n) is 5.13. The maximum Gasteiger partial charge on any atom is 0.341 e. The number of aryl methyl sites for hydroxylation is 3. The molecule has 2 aromatic heterocycles. The van der Waals surface area contributed by atoms with Crippen molar-refractivity contribution >= 4 is 5.97 Å². The van der Waals surface area contributed by atoms with Crippen molar-refractivity contribution in [1.29, 1.82) is 0 Å². The fourth-order valence-electron chi connectivity index (χ4n) is 1.91. The Kier molecular flexibility index (Phi) is 2.49. The van der Waals surface area contributed by atoms with Crippen molar-refractivity contribution in [3.05, 3.63) is 22.7 Å². The number of carboxylic acid groups (broad SMARTS) is 1. The molecule has 0 unspecified atom stereocenters. The summed E-state index contributed by atoms with van der Waals surface area (Å²) in [7, 11) is 1.80. The molecule has 2 aromatic rings. The van der Waals surface area contributed by atoms with Crippen molar-refractivity contribution < 1.29 is 14.4 Å². The van der Waals surface area contributed by atoms with Gasteiger partial charge in [0.15, 0.2) is 0 Å². The zero-order chi connectivity index (χ0) is 12.7. The SMILES string of the molecule is Cc1nn(C)c(C)c1-c1noc(C)c1C(=O)O. The normalized spacial score (nSPS) is 10.8. The number of hydrogen-bond acceptors (Lipinski definition) is 4. The number of carbonyl (C=O) groups is 1. The van der Waals surface area contributed by atoms with Crippen LogP contribution in [-0.4, -0.2) is 26.0 Å². The maximum absolute atomic E-state index is 11.2. The fourth-order valence-corrected chi connectivity index (χ4v) is 1.91. The molecule has 0 amide bonds. The van der Waals surface area contributed by atoms with Crippen LogP contribution >= 0.6 is 0 Å². The second-order valence-corrected chi connectivity index (χ2v) is 3.94. The lowest BCUT2D eigenvalue weighted by atomic mass is 10.0. The van der Waals surface area contributed by atoms with Crippen LogP contribution in [0.1, 0.15) is 27.5 Å². The van der Waals surface area contributed by atoms with E-state index in [0.29, 0.717) is 11.5 Å². The molecule has 90 valence electrons. The highest BCUT2D eigenvalue weighted by molar-refractivity contribution is 5.96. The van der Waals surface area contributed by atoms with Gasteiger partial charge >= 0.3 is 5.97 Å². The van der Waals surface area contributed by atoms with E-state index in [1.807, 2.05) is 13.8 Å². The molecular weight excluding hydrogens is 222 g/mol. The van der Waals surface area contributed by atoms with Gasteiger partial charge in [0.1, 0.15) is 17.0 Å². The van der Waals surface area contributed by atoms with Gasteiger partial charge in [0.2, 0.25) is 0 Å². The summed E-state index contributed by atoms with van der Waals surface area (Å²) >= 11 is 0. The second kappa shape index (κ2) is 3.73. The highest BCUT2D eigenvalue weighted by atomic mass is 16.5. The first-order chi connectivity index (χ1) is 7.93. The third kappa shape index (κ3) is 1.61. The van der Waals surface area contributed by atoms with Crippen molar-refractivity contribution in [2.45, 2.75) is 20.8 Å². The zero-order valence-electron chi connectivity index (χ0n) is 10.1. The van der Waals surface area contributed by atoms with E-state index in [-0.39, 0.29) is 5.56 Å². The lowest BCUT2D eigenvalue weighted by Crippen LogP contribution is -2.00. The number of nitrogens with zero attached hydrogens (tertiary/aromatic N) is 3. The van der Waals surface area contributed by atoms with E-state index in [0.717, 1.165) is 17.0 Å². The molecule has 0 bridgehead atoms. The average Bonchev–Trinajstić information content (AvgIpc) is 2.70. The third-order valence-corrected chi connectivity index (χ3v) is 2.82. The Morgan fingerprint density at radius 2 is 2.00 bits per heavy atom. The van der Waals surface area contributed by atoms with Crippen LogP contribution in [0.15, 0.2) is 4.52 Å². The lowest BCUT2D eigenvalue weighted by Gasteiger charge is -1.98. The summed E-state index contributed by atoms with van der Waals surface area (Å²) in [5, 5.41) is 17.2. The first-order valence-corrected chi connectivity index (χ1v) is 5.13. The van der Waals surface area contributed by atoms with E-state index in [2.05, 4.69) is 10.3 Å². The summed E-state index contributed by atoms with van der Waals surface area (Å²) in [6.45, 7) is 5.27. The van der Waals surface area contributed by atoms with E-state index >= 15 is 0 Å². The van der Waals surface area contributed by atoms with Crippen molar-refractivity contribution in [2.75, 3.05) is 0 Å². The van der Waals surface area contributed by atoms with E-state index in [9.17, 15) is 4.79 Å². The molecule has 0 aromatic carbocycles. The summed E-state index contributed by atoms with van der Waals surface area (Å²) < 4.78 is 6.66. The molecule has 6 nitrogen and oxygen atoms in total. The second-order valence-electron chi connectivity index (χ2n) is 3.94. The van der Waals surface area contributed by atoms with Crippen LogP contribution in [0.5, 0.6) is 0 Å². The van der Waals surface area contributed by atoms with Crippen LogP contribution in [0, 0.1) is 20.8 Å². The highest BCUT2D eigenvalue weighted by Gasteiger charge is 2.25. The minimum absolute atomic E-state index is 0.101. The Balaban J connectivity index is 2.73. The minimum Gasteiger partial charge on any atom is -0.477 e. The van der Waals surface area contributed by atoms with Gasteiger partial charge in [0.25, 0.3) is 0 Å². The Hall–Kier alpha value is -2.11. The summed E-state index contributed by atoms with van der Waals surface area (Å²) in [6.07, 6.45) is 0. The molecule has 0 spiro atoms. The molecule has 2 heterocycles. The summed E-state index contributed by atoms with van der Waals surface area (Å²) in [4.78, 5) is 11.2. The molecule has 0 aliphatic rings. The van der Waals surface area contributed by atoms with Crippen molar-refractivity contribution in [2.24, 2.45) is 7.05 Å². The lowest BCUT2D eigenvalue weighted by molar-refractivity contribution is 0.0696. The van der Waals surface area contributed by atoms with Crippen LogP contribution in [0.25, 0.3) is 11.3 Å². The van der Waals surface area contributed by atoms with Crippen LogP contribution in [0.3, 0.4) is 0 Å². The monoisotopic (exact) mass is 235 g/mol. The standard InChI is InChI=1S/C11H13N3O3/c1-5-8(6(2)14(4)12-5)10-9(11(15)16)7(3)17-13-10/h1-4H3,(H,15,16). The molecule has 0 atom stereocenters. The number of carboxylic acids is 1. The van der Waals surface area contributed by atoms with Gasteiger partial charge < -0.3 is 9.63 Å². The Morgan fingerprint density at radius 1 is 1.35 bits per heavy atom. The smallest absolute Gasteiger partial charge is 0.341 e. The van der Waals surface area contributed by atoms with Gasteiger partial charge in [-0.15, -0.1) is 0 Å². The average molecular weight is 235 g/mol. The van der Waals surface area contributed by atoms with Crippen LogP contribution < -0.4 is 0 Å². The van der Waals surface area contributed by atoms with Gasteiger partial charge in [-0.1, -0.05) is 5.16 Å². The maximum atomic E-state index is 11.2. The van der Waals surface area contributed by atoms with Crippen molar-refractivity contribution in [1.82, 2.24) is 14.9 Å². The zero-order valence-corrected chi connectivity index (χ0v) is 10.1. The molecular formula is C11H13N3O3. The highest BCUT2D eigenvalue weighted by Crippen LogP contribution is 2.30. The number of rotatable bonds is 2. The van der Waals surface area contributed by atoms with Gasteiger partial charge in [0.05, 0.1) is 5.69 Å². The Labute approximate surface area is 97.8 Å². The Bertz CT molecular complexity index is 595. The van der Waals surface area contributed by atoms with Gasteiger partial charge in [-0.05, 0) is 20.8 Å². The molecule has 2 rings (SSSR count). The molecule has 0 aliphatic heterocycles. The minimum atomic E-state index is -1.04. The largest absolute Gasteiger partial charge is 0.477 e. The number of aromatic carboxylic acids is 1. The van der Waals surface area contributed by atoms with Crippen LogP contribution in [0.2, 0.25) is 0 Å². The molecule has 0 saturated carbocycles. The fraction of sp³-hybridized carbons (Fsp3) is 0.364. The van der Waals surface area contributed by atoms with Crippen LogP contribution in [0.4, 0.5) is 0 Å². The molecule has 0 fully saturated rings. The van der Waals surface area contributed by atoms with E-state index in [4.69, 9.17) is 9.63 Å².